The summed E-state index contributed by atoms with van der Waals surface area (Å²) in [5.74, 6) is -0.213. The Labute approximate surface area is 133 Å². The van der Waals surface area contributed by atoms with Gasteiger partial charge < -0.3 is 4.98 Å². The maximum atomic E-state index is 12.3. The summed E-state index contributed by atoms with van der Waals surface area (Å²) >= 11 is 9.40. The first-order valence-corrected chi connectivity index (χ1v) is 7.16. The number of aryl methyl sites for hydroxylation is 1. The van der Waals surface area contributed by atoms with Crippen molar-refractivity contribution in [3.63, 3.8) is 0 Å². The van der Waals surface area contributed by atoms with Crippen LogP contribution in [0.3, 0.4) is 0 Å². The molecule has 0 bridgehead atoms. The zero-order valence-electron chi connectivity index (χ0n) is 10.8. The molecule has 2 N–H and O–H groups in total. The topological polar surface area (TPSA) is 83.6 Å². The van der Waals surface area contributed by atoms with Gasteiger partial charge in [-0.25, -0.2) is 4.98 Å². The van der Waals surface area contributed by atoms with E-state index >= 15 is 0 Å². The van der Waals surface area contributed by atoms with E-state index < -0.39 is 0 Å². The van der Waals surface area contributed by atoms with E-state index in [4.69, 9.17) is 11.6 Å². The number of hydrogen-bond acceptors (Lipinski definition) is 4. The molecule has 2 heterocycles. The minimum atomic E-state index is -0.323. The Hall–Kier alpha value is -1.99. The minimum Gasteiger partial charge on any atom is -0.341 e. The summed E-state index contributed by atoms with van der Waals surface area (Å²) in [6.07, 6.45) is 1.47. The number of fused-ring (bicyclic) bond motifs is 1. The van der Waals surface area contributed by atoms with Crippen LogP contribution >= 0.6 is 27.5 Å². The molecule has 0 aliphatic heterocycles. The Morgan fingerprint density at radius 3 is 3.00 bits per heavy atom. The Morgan fingerprint density at radius 2 is 2.19 bits per heavy atom. The normalized spacial score (nSPS) is 10.8. The number of H-pyrrole nitrogens is 1. The number of carbonyl (C=O) groups excluding carboxylic acids is 1. The van der Waals surface area contributed by atoms with E-state index in [0.717, 1.165) is 10.0 Å². The molecule has 106 valence electrons. The summed E-state index contributed by atoms with van der Waals surface area (Å²) in [7, 11) is 0. The summed E-state index contributed by atoms with van der Waals surface area (Å²) in [6, 6.07) is 5.42. The van der Waals surface area contributed by atoms with Crippen LogP contribution in [0.2, 0.25) is 5.15 Å². The third kappa shape index (κ3) is 2.62. The highest BCUT2D eigenvalue weighted by atomic mass is 79.9. The molecule has 6 nitrogen and oxygen atoms in total. The van der Waals surface area contributed by atoms with Crippen molar-refractivity contribution >= 4 is 50.6 Å². The van der Waals surface area contributed by atoms with E-state index in [2.05, 4.69) is 41.2 Å². The maximum absolute atomic E-state index is 12.3. The molecule has 8 heteroatoms. The second-order valence-corrected chi connectivity index (χ2v) is 5.48. The van der Waals surface area contributed by atoms with E-state index in [-0.39, 0.29) is 17.0 Å². The molecule has 0 atom stereocenters. The van der Waals surface area contributed by atoms with Crippen LogP contribution in [0.4, 0.5) is 5.95 Å². The summed E-state index contributed by atoms with van der Waals surface area (Å²) in [5.41, 5.74) is 2.39. The molecule has 0 spiro atoms. The molecule has 0 aliphatic rings. The second kappa shape index (κ2) is 5.42. The molecule has 0 saturated carbocycles. The molecule has 0 fully saturated rings. The number of nitrogens with zero attached hydrogens (tertiary/aromatic N) is 3. The molecule has 0 radical (unpaired) electrons. The predicted molar refractivity (Wildman–Crippen MR) is 83.5 cm³/mol. The summed E-state index contributed by atoms with van der Waals surface area (Å²) < 4.78 is 0.731. The average Bonchev–Trinajstić information content (AvgIpc) is 2.90. The number of amides is 1. The van der Waals surface area contributed by atoms with Crippen LogP contribution in [0.15, 0.2) is 29.0 Å². The number of carbonyl (C=O) groups is 1. The van der Waals surface area contributed by atoms with E-state index in [1.165, 1.54) is 6.33 Å². The highest BCUT2D eigenvalue weighted by Gasteiger charge is 2.14. The third-order valence-corrected chi connectivity index (χ3v) is 4.23. The molecular formula is C13H9BrClN5O. The number of rotatable bonds is 2. The molecule has 0 unspecified atom stereocenters. The van der Waals surface area contributed by atoms with Gasteiger partial charge in [0.2, 0.25) is 5.95 Å². The standard InChI is InChI=1S/C13H9BrClN5O/c1-6-3-2-4-7(8(6)14)12(21)20-13-18-10(15)9-11(19-13)17-5-16-9/h2-5H,1H3,(H2,16,17,18,19,20,21). The smallest absolute Gasteiger partial charge is 0.259 e. The van der Waals surface area contributed by atoms with Gasteiger partial charge in [-0.3, -0.25) is 10.1 Å². The molecule has 0 saturated heterocycles. The quantitative estimate of drug-likeness (QED) is 0.681. The van der Waals surface area contributed by atoms with Crippen molar-refractivity contribution in [3.05, 3.63) is 45.3 Å². The summed E-state index contributed by atoms with van der Waals surface area (Å²) in [4.78, 5) is 27.3. The van der Waals surface area contributed by atoms with Crippen molar-refractivity contribution in [1.82, 2.24) is 19.9 Å². The van der Waals surface area contributed by atoms with E-state index in [9.17, 15) is 4.79 Å². The largest absolute Gasteiger partial charge is 0.341 e. The first-order chi connectivity index (χ1) is 10.1. The van der Waals surface area contributed by atoms with Gasteiger partial charge in [0.1, 0.15) is 5.52 Å². The van der Waals surface area contributed by atoms with E-state index in [0.29, 0.717) is 16.7 Å². The fraction of sp³-hybridized carbons (Fsp3) is 0.0769. The van der Waals surface area contributed by atoms with Crippen molar-refractivity contribution in [2.75, 3.05) is 5.32 Å². The minimum absolute atomic E-state index is 0.109. The van der Waals surface area contributed by atoms with Crippen molar-refractivity contribution in [2.45, 2.75) is 6.92 Å². The number of anilines is 1. The number of halogens is 2. The van der Waals surface area contributed by atoms with Crippen LogP contribution in [0.5, 0.6) is 0 Å². The fourth-order valence-corrected chi connectivity index (χ4v) is 2.51. The molecule has 1 aromatic carbocycles. The summed E-state index contributed by atoms with van der Waals surface area (Å²) in [5, 5.41) is 2.82. The van der Waals surface area contributed by atoms with Crippen LogP contribution < -0.4 is 5.32 Å². The first kappa shape index (κ1) is 14.0. The molecule has 2 aromatic heterocycles. The van der Waals surface area contributed by atoms with Crippen molar-refractivity contribution in [3.8, 4) is 0 Å². The lowest BCUT2D eigenvalue weighted by Gasteiger charge is -2.07. The summed E-state index contributed by atoms with van der Waals surface area (Å²) in [6.45, 7) is 1.91. The van der Waals surface area contributed by atoms with Crippen LogP contribution in [-0.2, 0) is 0 Å². The molecule has 21 heavy (non-hydrogen) atoms. The highest BCUT2D eigenvalue weighted by Crippen LogP contribution is 2.23. The second-order valence-electron chi connectivity index (χ2n) is 4.33. The maximum Gasteiger partial charge on any atom is 0.259 e. The van der Waals surface area contributed by atoms with Crippen LogP contribution in [-0.4, -0.2) is 25.8 Å². The third-order valence-electron chi connectivity index (χ3n) is 2.90. The number of hydrogen-bond donors (Lipinski definition) is 2. The van der Waals surface area contributed by atoms with Gasteiger partial charge in [0.25, 0.3) is 5.91 Å². The molecule has 1 amide bonds. The monoisotopic (exact) mass is 365 g/mol. The zero-order chi connectivity index (χ0) is 15.0. The Kier molecular flexibility index (Phi) is 3.60. The Bertz CT molecular complexity index is 848. The number of aromatic nitrogens is 4. The van der Waals surface area contributed by atoms with Gasteiger partial charge in [-0.2, -0.15) is 9.97 Å². The molecular weight excluding hydrogens is 358 g/mol. The van der Waals surface area contributed by atoms with Crippen LogP contribution in [0.1, 0.15) is 15.9 Å². The van der Waals surface area contributed by atoms with Gasteiger partial charge in [-0.05, 0) is 34.5 Å². The SMILES string of the molecule is Cc1cccc(C(=O)Nc2nc(Cl)c3[nH]cnc3n2)c1Br. The zero-order valence-corrected chi connectivity index (χ0v) is 13.2. The van der Waals surface area contributed by atoms with Gasteiger partial charge in [0.05, 0.1) is 11.9 Å². The molecule has 3 aromatic rings. The van der Waals surface area contributed by atoms with E-state index in [1.807, 2.05) is 13.0 Å². The lowest BCUT2D eigenvalue weighted by molar-refractivity contribution is 0.102. The van der Waals surface area contributed by atoms with E-state index in [1.54, 1.807) is 12.1 Å². The van der Waals surface area contributed by atoms with Crippen molar-refractivity contribution in [2.24, 2.45) is 0 Å². The van der Waals surface area contributed by atoms with Crippen molar-refractivity contribution in [1.29, 1.82) is 0 Å². The van der Waals surface area contributed by atoms with Gasteiger partial charge in [-0.15, -0.1) is 0 Å². The number of aromatic amines is 1. The Morgan fingerprint density at radius 1 is 1.38 bits per heavy atom. The first-order valence-electron chi connectivity index (χ1n) is 5.99. The van der Waals surface area contributed by atoms with Gasteiger partial charge >= 0.3 is 0 Å². The lowest BCUT2D eigenvalue weighted by Crippen LogP contribution is -2.15. The van der Waals surface area contributed by atoms with Gasteiger partial charge in [0, 0.05) is 4.47 Å². The number of benzene rings is 1. The number of imidazole rings is 1. The van der Waals surface area contributed by atoms with Crippen LogP contribution in [0, 0.1) is 6.92 Å². The van der Waals surface area contributed by atoms with Crippen molar-refractivity contribution < 1.29 is 4.79 Å². The van der Waals surface area contributed by atoms with Crippen LogP contribution in [0.25, 0.3) is 11.2 Å². The fourth-order valence-electron chi connectivity index (χ4n) is 1.85. The molecule has 3 rings (SSSR count). The average molecular weight is 367 g/mol. The molecule has 0 aliphatic carbocycles. The predicted octanol–water partition coefficient (Wildman–Crippen LogP) is 3.33. The number of nitrogens with one attached hydrogen (secondary N) is 2. The Balaban J connectivity index is 1.94. The van der Waals surface area contributed by atoms with Gasteiger partial charge in [-0.1, -0.05) is 23.7 Å². The lowest BCUT2D eigenvalue weighted by atomic mass is 10.1. The van der Waals surface area contributed by atoms with Gasteiger partial charge in [0.15, 0.2) is 10.8 Å². The highest BCUT2D eigenvalue weighted by molar-refractivity contribution is 9.10.